The molecule has 0 unspecified atom stereocenters. The molecule has 3 heterocycles. The smallest absolute Gasteiger partial charge is 0.174 e. The third-order valence-corrected chi connectivity index (χ3v) is 1.98. The molecule has 0 aliphatic heterocycles. The third-order valence-electron chi connectivity index (χ3n) is 1.98. The molecular formula is C8H6N6. The molecule has 0 aromatic carbocycles. The van der Waals surface area contributed by atoms with Crippen LogP contribution < -0.4 is 0 Å². The third kappa shape index (κ3) is 0.905. The van der Waals surface area contributed by atoms with E-state index in [1.54, 1.807) is 29.3 Å². The van der Waals surface area contributed by atoms with Gasteiger partial charge in [0.1, 0.15) is 6.33 Å². The van der Waals surface area contributed by atoms with Crippen molar-refractivity contribution in [3.63, 3.8) is 0 Å². The number of aromatic amines is 1. The minimum Gasteiger partial charge on any atom is -0.285 e. The van der Waals surface area contributed by atoms with Gasteiger partial charge in [-0.15, -0.1) is 0 Å². The van der Waals surface area contributed by atoms with E-state index >= 15 is 0 Å². The first-order valence-corrected chi connectivity index (χ1v) is 4.08. The first-order valence-electron chi connectivity index (χ1n) is 4.08. The summed E-state index contributed by atoms with van der Waals surface area (Å²) in [6.45, 7) is 0. The topological polar surface area (TPSA) is 71.8 Å². The van der Waals surface area contributed by atoms with Crippen LogP contribution in [0.15, 0.2) is 31.1 Å². The van der Waals surface area contributed by atoms with Crippen molar-refractivity contribution in [3.05, 3.63) is 31.1 Å². The summed E-state index contributed by atoms with van der Waals surface area (Å²) in [5, 5.41) is 10.7. The van der Waals surface area contributed by atoms with Gasteiger partial charge in [-0.25, -0.2) is 9.50 Å². The van der Waals surface area contributed by atoms with Crippen LogP contribution in [-0.2, 0) is 0 Å². The average Bonchev–Trinajstić information content (AvgIpc) is 2.88. The quantitative estimate of drug-likeness (QED) is 0.601. The lowest BCUT2D eigenvalue weighted by molar-refractivity contribution is 0.955. The molecule has 0 aliphatic carbocycles. The average molecular weight is 186 g/mol. The molecule has 0 spiro atoms. The standard InChI is InChI=1S/C8H6N6/c1-6(2-12-11-1)7-3-9-4-8-10-5-13-14(7)8/h1-5H,(H,11,12). The first-order chi connectivity index (χ1) is 6.95. The van der Waals surface area contributed by atoms with Gasteiger partial charge in [0.05, 0.1) is 24.3 Å². The van der Waals surface area contributed by atoms with Gasteiger partial charge in [-0.2, -0.15) is 10.2 Å². The van der Waals surface area contributed by atoms with Crippen LogP contribution >= 0.6 is 0 Å². The van der Waals surface area contributed by atoms with Crippen LogP contribution in [-0.4, -0.2) is 29.8 Å². The van der Waals surface area contributed by atoms with Crippen molar-refractivity contribution in [3.8, 4) is 11.3 Å². The van der Waals surface area contributed by atoms with Crippen LogP contribution in [0.1, 0.15) is 0 Å². The van der Waals surface area contributed by atoms with Crippen molar-refractivity contribution in [2.45, 2.75) is 0 Å². The number of fused-ring (bicyclic) bond motifs is 1. The number of aromatic nitrogens is 6. The van der Waals surface area contributed by atoms with E-state index in [0.29, 0.717) is 0 Å². The molecule has 68 valence electrons. The summed E-state index contributed by atoms with van der Waals surface area (Å²) in [4.78, 5) is 8.12. The van der Waals surface area contributed by atoms with Crippen molar-refractivity contribution in [1.82, 2.24) is 29.8 Å². The molecule has 6 heteroatoms. The van der Waals surface area contributed by atoms with Gasteiger partial charge in [-0.1, -0.05) is 0 Å². The molecule has 0 aliphatic rings. The van der Waals surface area contributed by atoms with Gasteiger partial charge in [0.2, 0.25) is 0 Å². The molecule has 3 aromatic heterocycles. The zero-order valence-electron chi connectivity index (χ0n) is 7.12. The summed E-state index contributed by atoms with van der Waals surface area (Å²) in [7, 11) is 0. The lowest BCUT2D eigenvalue weighted by Crippen LogP contribution is -1.93. The van der Waals surface area contributed by atoms with Gasteiger partial charge in [-0.3, -0.25) is 10.1 Å². The van der Waals surface area contributed by atoms with Gasteiger partial charge in [-0.05, 0) is 0 Å². The Morgan fingerprint density at radius 1 is 1.21 bits per heavy atom. The predicted molar refractivity (Wildman–Crippen MR) is 48.4 cm³/mol. The second kappa shape index (κ2) is 2.63. The molecular weight excluding hydrogens is 180 g/mol. The highest BCUT2D eigenvalue weighted by molar-refractivity contribution is 5.59. The predicted octanol–water partition coefficient (Wildman–Crippen LogP) is 0.514. The normalized spacial score (nSPS) is 10.9. The van der Waals surface area contributed by atoms with E-state index in [9.17, 15) is 0 Å². The van der Waals surface area contributed by atoms with Crippen LogP contribution in [0.25, 0.3) is 16.9 Å². The molecule has 14 heavy (non-hydrogen) atoms. The van der Waals surface area contributed by atoms with Crippen molar-refractivity contribution < 1.29 is 0 Å². The zero-order chi connectivity index (χ0) is 9.38. The molecule has 0 saturated carbocycles. The summed E-state index contributed by atoms with van der Waals surface area (Å²) < 4.78 is 1.72. The van der Waals surface area contributed by atoms with Crippen LogP contribution in [0.4, 0.5) is 0 Å². The van der Waals surface area contributed by atoms with Crippen LogP contribution in [0, 0.1) is 0 Å². The molecule has 3 rings (SSSR count). The van der Waals surface area contributed by atoms with E-state index in [4.69, 9.17) is 0 Å². The molecule has 0 saturated heterocycles. The molecule has 1 N–H and O–H groups in total. The largest absolute Gasteiger partial charge is 0.285 e. The highest BCUT2D eigenvalue weighted by atomic mass is 15.3. The first kappa shape index (κ1) is 7.19. The number of rotatable bonds is 1. The number of nitrogens with one attached hydrogen (secondary N) is 1. The van der Waals surface area contributed by atoms with Crippen molar-refractivity contribution in [1.29, 1.82) is 0 Å². The molecule has 0 radical (unpaired) electrons. The minimum atomic E-state index is 0.726. The molecule has 0 atom stereocenters. The Balaban J connectivity index is 2.36. The highest BCUT2D eigenvalue weighted by Gasteiger charge is 2.05. The van der Waals surface area contributed by atoms with Crippen molar-refractivity contribution >= 4 is 5.65 Å². The highest BCUT2D eigenvalue weighted by Crippen LogP contribution is 2.15. The molecule has 6 nitrogen and oxygen atoms in total. The fraction of sp³-hybridized carbons (Fsp3) is 0. The Bertz CT molecular complexity index is 552. The molecule has 0 bridgehead atoms. The summed E-state index contributed by atoms with van der Waals surface area (Å²) in [6, 6.07) is 0. The van der Waals surface area contributed by atoms with Crippen LogP contribution in [0.5, 0.6) is 0 Å². The summed E-state index contributed by atoms with van der Waals surface area (Å²) >= 11 is 0. The molecule has 0 fully saturated rings. The number of nitrogens with zero attached hydrogens (tertiary/aromatic N) is 5. The van der Waals surface area contributed by atoms with Gasteiger partial charge in [0.25, 0.3) is 0 Å². The number of hydrogen-bond acceptors (Lipinski definition) is 4. The van der Waals surface area contributed by atoms with Crippen LogP contribution in [0.2, 0.25) is 0 Å². The maximum absolute atomic E-state index is 4.10. The van der Waals surface area contributed by atoms with E-state index < -0.39 is 0 Å². The van der Waals surface area contributed by atoms with Crippen LogP contribution in [0.3, 0.4) is 0 Å². The maximum Gasteiger partial charge on any atom is 0.174 e. The van der Waals surface area contributed by atoms with Gasteiger partial charge in [0.15, 0.2) is 5.65 Å². The number of hydrogen-bond donors (Lipinski definition) is 1. The monoisotopic (exact) mass is 186 g/mol. The fourth-order valence-corrected chi connectivity index (χ4v) is 1.34. The van der Waals surface area contributed by atoms with Gasteiger partial charge in [0, 0.05) is 11.8 Å². The van der Waals surface area contributed by atoms with E-state index in [0.717, 1.165) is 16.9 Å². The zero-order valence-corrected chi connectivity index (χ0v) is 7.12. The molecule has 0 amide bonds. The van der Waals surface area contributed by atoms with E-state index in [1.165, 1.54) is 6.33 Å². The summed E-state index contributed by atoms with van der Waals surface area (Å²) in [6.07, 6.45) is 8.40. The van der Waals surface area contributed by atoms with Gasteiger partial charge < -0.3 is 0 Å². The second-order valence-corrected chi connectivity index (χ2v) is 2.81. The van der Waals surface area contributed by atoms with Crippen molar-refractivity contribution in [2.24, 2.45) is 0 Å². The second-order valence-electron chi connectivity index (χ2n) is 2.81. The Morgan fingerprint density at radius 2 is 2.21 bits per heavy atom. The van der Waals surface area contributed by atoms with Crippen molar-refractivity contribution in [2.75, 3.05) is 0 Å². The minimum absolute atomic E-state index is 0.726. The Hall–Kier alpha value is -2.24. The maximum atomic E-state index is 4.10. The summed E-state index contributed by atoms with van der Waals surface area (Å²) in [5.41, 5.74) is 2.53. The Labute approximate surface area is 78.6 Å². The number of H-pyrrole nitrogens is 1. The van der Waals surface area contributed by atoms with E-state index in [2.05, 4.69) is 25.3 Å². The lowest BCUT2D eigenvalue weighted by atomic mass is 10.3. The van der Waals surface area contributed by atoms with E-state index in [-0.39, 0.29) is 0 Å². The fourth-order valence-electron chi connectivity index (χ4n) is 1.34. The summed E-state index contributed by atoms with van der Waals surface area (Å²) in [5.74, 6) is 0. The Morgan fingerprint density at radius 3 is 3.07 bits per heavy atom. The SMILES string of the molecule is c1nc2cncc(-c3cn[nH]c3)n2n1. The van der Waals surface area contributed by atoms with Gasteiger partial charge >= 0.3 is 0 Å². The molecule has 3 aromatic rings. The van der Waals surface area contributed by atoms with E-state index in [1.807, 2.05) is 0 Å². The Kier molecular flexibility index (Phi) is 1.35. The lowest BCUT2D eigenvalue weighted by Gasteiger charge is -1.98.